The van der Waals surface area contributed by atoms with E-state index in [1.54, 1.807) is 12.1 Å². The van der Waals surface area contributed by atoms with Crippen molar-refractivity contribution in [3.05, 3.63) is 60.2 Å². The monoisotopic (exact) mass is 614 g/mol. The van der Waals surface area contributed by atoms with Crippen molar-refractivity contribution in [3.63, 3.8) is 0 Å². The van der Waals surface area contributed by atoms with Crippen molar-refractivity contribution >= 4 is 21.8 Å². The van der Waals surface area contributed by atoms with E-state index in [1.807, 2.05) is 36.4 Å². The summed E-state index contributed by atoms with van der Waals surface area (Å²) in [5.74, 6) is -0.0536. The van der Waals surface area contributed by atoms with Crippen molar-refractivity contribution in [2.24, 2.45) is 5.92 Å². The number of hydrogen-bond acceptors (Lipinski definition) is 10. The summed E-state index contributed by atoms with van der Waals surface area (Å²) in [5, 5.41) is 26.0. The van der Waals surface area contributed by atoms with Gasteiger partial charge < -0.3 is 30.0 Å². The summed E-state index contributed by atoms with van der Waals surface area (Å²) in [6, 6.07) is 16.4. The molecule has 232 valence electrons. The van der Waals surface area contributed by atoms with Crippen molar-refractivity contribution in [2.45, 2.75) is 74.1 Å². The molecule has 0 aromatic heterocycles. The van der Waals surface area contributed by atoms with E-state index in [4.69, 9.17) is 24.3 Å². The summed E-state index contributed by atoms with van der Waals surface area (Å²) >= 11 is 0. The van der Waals surface area contributed by atoms with Gasteiger partial charge in [0.2, 0.25) is 0 Å². The van der Waals surface area contributed by atoms with E-state index in [1.165, 1.54) is 12.1 Å². The first-order valence-corrected chi connectivity index (χ1v) is 16.1. The van der Waals surface area contributed by atoms with E-state index < -0.39 is 40.9 Å². The second-order valence-corrected chi connectivity index (χ2v) is 12.8. The van der Waals surface area contributed by atoms with Gasteiger partial charge in [-0.05, 0) is 49.4 Å². The van der Waals surface area contributed by atoms with E-state index in [2.05, 4.69) is 10.6 Å². The zero-order chi connectivity index (χ0) is 30.2. The molecule has 1 aliphatic carbocycles. The van der Waals surface area contributed by atoms with Gasteiger partial charge in [-0.3, -0.25) is 4.84 Å². The summed E-state index contributed by atoms with van der Waals surface area (Å²) in [6.07, 6.45) is 0.877. The number of nitriles is 1. The number of amides is 1. The number of nitrogens with one attached hydrogen (secondary N) is 2. The molecule has 0 spiro atoms. The van der Waals surface area contributed by atoms with E-state index in [-0.39, 0.29) is 42.8 Å². The molecule has 1 amide bonds. The van der Waals surface area contributed by atoms with Crippen molar-refractivity contribution in [2.75, 3.05) is 31.6 Å². The summed E-state index contributed by atoms with van der Waals surface area (Å²) in [7, 11) is -4.24. The van der Waals surface area contributed by atoms with Gasteiger partial charge in [0.25, 0.3) is 10.0 Å². The number of hydroxylamine groups is 1. The van der Waals surface area contributed by atoms with Gasteiger partial charge in [0.05, 0.1) is 54.9 Å². The number of alkyl carbamates (subject to hydrolysis) is 1. The number of hydrogen-bond donors (Lipinski definition) is 3. The number of nitrogens with zero attached hydrogens (tertiary/aromatic N) is 2. The van der Waals surface area contributed by atoms with Crippen LogP contribution in [0.5, 0.6) is 0 Å². The van der Waals surface area contributed by atoms with Crippen LogP contribution in [0.4, 0.5) is 10.5 Å². The zero-order valence-corrected chi connectivity index (χ0v) is 24.7. The molecule has 2 aromatic rings. The fourth-order valence-corrected chi connectivity index (χ4v) is 7.03. The fraction of sp³-hybridized carbons (Fsp3) is 0.533. The molecule has 2 aliphatic heterocycles. The van der Waals surface area contributed by atoms with Gasteiger partial charge in [-0.2, -0.15) is 5.26 Å². The molecule has 0 unspecified atom stereocenters. The van der Waals surface area contributed by atoms with Crippen LogP contribution in [0.3, 0.4) is 0 Å². The Kier molecular flexibility index (Phi) is 10.5. The molecule has 2 aromatic carbocycles. The first-order chi connectivity index (χ1) is 20.8. The van der Waals surface area contributed by atoms with Gasteiger partial charge in [0.15, 0.2) is 6.29 Å². The topological polar surface area (TPSA) is 159 Å². The molecule has 0 radical (unpaired) electrons. The summed E-state index contributed by atoms with van der Waals surface area (Å²) < 4.78 is 45.4. The third kappa shape index (κ3) is 8.03. The van der Waals surface area contributed by atoms with Gasteiger partial charge in [-0.15, -0.1) is 0 Å². The van der Waals surface area contributed by atoms with Gasteiger partial charge in [-0.25, -0.2) is 13.2 Å². The Bertz CT molecular complexity index is 1370. The van der Waals surface area contributed by atoms with E-state index in [9.17, 15) is 18.3 Å². The lowest BCUT2D eigenvalue weighted by molar-refractivity contribution is -0.145. The van der Waals surface area contributed by atoms with Crippen LogP contribution in [-0.2, 0) is 35.5 Å². The van der Waals surface area contributed by atoms with Crippen LogP contribution in [-0.4, -0.2) is 81.0 Å². The predicted molar refractivity (Wildman–Crippen MR) is 155 cm³/mol. The lowest BCUT2D eigenvalue weighted by Gasteiger charge is -2.31. The molecule has 2 heterocycles. The molecule has 2 saturated heterocycles. The summed E-state index contributed by atoms with van der Waals surface area (Å²) in [5.41, 5.74) is 1.30. The van der Waals surface area contributed by atoms with Crippen LogP contribution in [0.15, 0.2) is 59.5 Å². The molecular formula is C30H38N4O8S. The Morgan fingerprint density at radius 3 is 2.67 bits per heavy atom. The number of benzene rings is 2. The second kappa shape index (κ2) is 14.5. The van der Waals surface area contributed by atoms with Crippen LogP contribution in [0, 0.1) is 17.2 Å². The molecular weight excluding hydrogens is 576 g/mol. The maximum atomic E-state index is 13.9. The molecule has 3 N–H and O–H groups in total. The number of fused-ring (bicyclic) bond motifs is 1. The number of carbonyl (C=O) groups excluding carboxylic acids is 1. The minimum Gasteiger partial charge on any atom is -0.443 e. The number of ether oxygens (including phenoxy) is 3. The maximum Gasteiger partial charge on any atom is 0.407 e. The average Bonchev–Trinajstić information content (AvgIpc) is 3.77. The largest absolute Gasteiger partial charge is 0.443 e. The SMILES string of the molecule is N#CCNc1cccc(S(=O)(=O)N(C[C@@H](O)[C@H](Cc2ccccc2)NC(=O)O[C@H]2CO[C@H]3OCC[C@H]32)OC2CCCC2)c1. The van der Waals surface area contributed by atoms with Crippen molar-refractivity contribution in [1.82, 2.24) is 9.79 Å². The molecule has 43 heavy (non-hydrogen) atoms. The zero-order valence-electron chi connectivity index (χ0n) is 23.8. The molecule has 13 heteroatoms. The Labute approximate surface area is 251 Å². The summed E-state index contributed by atoms with van der Waals surface area (Å²) in [6.45, 7) is 0.333. The van der Waals surface area contributed by atoms with Crippen LogP contribution in [0.1, 0.15) is 37.7 Å². The first kappa shape index (κ1) is 31.2. The van der Waals surface area contributed by atoms with Crippen LogP contribution < -0.4 is 10.6 Å². The number of aliphatic hydroxyl groups excluding tert-OH is 1. The van der Waals surface area contributed by atoms with Gasteiger partial charge in [0, 0.05) is 5.69 Å². The maximum absolute atomic E-state index is 13.9. The van der Waals surface area contributed by atoms with Crippen LogP contribution >= 0.6 is 0 Å². The van der Waals surface area contributed by atoms with Crippen LogP contribution in [0.2, 0.25) is 0 Å². The van der Waals surface area contributed by atoms with E-state index in [0.717, 1.165) is 29.3 Å². The normalized spacial score (nSPS) is 23.4. The van der Waals surface area contributed by atoms with Crippen molar-refractivity contribution in [3.8, 4) is 6.07 Å². The van der Waals surface area contributed by atoms with Crippen molar-refractivity contribution < 1.29 is 37.4 Å². The number of rotatable bonds is 13. The molecule has 5 rings (SSSR count). The molecule has 1 saturated carbocycles. The van der Waals surface area contributed by atoms with E-state index >= 15 is 0 Å². The molecule has 0 bridgehead atoms. The van der Waals surface area contributed by atoms with Gasteiger partial charge in [0.1, 0.15) is 12.6 Å². The second-order valence-electron chi connectivity index (χ2n) is 11.0. The fourth-order valence-electron chi connectivity index (χ4n) is 5.69. The lowest BCUT2D eigenvalue weighted by Crippen LogP contribution is -2.51. The smallest absolute Gasteiger partial charge is 0.407 e. The third-order valence-electron chi connectivity index (χ3n) is 7.99. The number of carbonyl (C=O) groups is 1. The highest BCUT2D eigenvalue weighted by molar-refractivity contribution is 7.89. The average molecular weight is 615 g/mol. The lowest BCUT2D eigenvalue weighted by atomic mass is 10.0. The Balaban J connectivity index is 1.34. The van der Waals surface area contributed by atoms with Crippen molar-refractivity contribution in [1.29, 1.82) is 5.26 Å². The highest BCUT2D eigenvalue weighted by Gasteiger charge is 2.44. The number of sulfonamides is 1. The van der Waals surface area contributed by atoms with E-state index in [0.29, 0.717) is 25.1 Å². The van der Waals surface area contributed by atoms with Crippen LogP contribution in [0.25, 0.3) is 0 Å². The standard InChI is InChI=1S/C30H38N4O8S/c31-14-15-32-22-9-6-12-24(18-22)43(37,38)34(42-23-10-4-5-11-23)19-27(35)26(17-21-7-2-1-3-8-21)33-30(36)41-28-20-40-29-25(28)13-16-39-29/h1-3,6-9,12,18,23,25-29,32,35H,4-5,10-11,13,15-17,19-20H2,(H,33,36)/t25-,26-,27+,28-,29+/m0/s1. The molecule has 5 atom stereocenters. The van der Waals surface area contributed by atoms with Gasteiger partial charge >= 0.3 is 6.09 Å². The Morgan fingerprint density at radius 1 is 1.12 bits per heavy atom. The first-order valence-electron chi connectivity index (χ1n) is 14.7. The highest BCUT2D eigenvalue weighted by Crippen LogP contribution is 2.33. The van der Waals surface area contributed by atoms with Gasteiger partial charge in [-0.1, -0.05) is 53.7 Å². The molecule has 3 fully saturated rings. The minimum absolute atomic E-state index is 0.00878. The highest BCUT2D eigenvalue weighted by atomic mass is 32.2. The Hall–Kier alpha value is -3.25. The quantitative estimate of drug-likeness (QED) is 0.226. The predicted octanol–water partition coefficient (Wildman–Crippen LogP) is 2.95. The third-order valence-corrected chi connectivity index (χ3v) is 9.61. The number of anilines is 1. The molecule has 3 aliphatic rings. The minimum atomic E-state index is -4.24. The number of aliphatic hydroxyl groups is 1. The Morgan fingerprint density at radius 2 is 1.91 bits per heavy atom. The molecule has 12 nitrogen and oxygen atoms in total. The summed E-state index contributed by atoms with van der Waals surface area (Å²) in [4.78, 5) is 19.0.